The number of fused-ring (bicyclic) bond motifs is 1. The minimum Gasteiger partial charge on any atom is -0.450 e. The van der Waals surface area contributed by atoms with Crippen molar-refractivity contribution in [2.24, 2.45) is 0 Å². The summed E-state index contributed by atoms with van der Waals surface area (Å²) >= 11 is 6.18. The Hall–Kier alpha value is -3.79. The van der Waals surface area contributed by atoms with Gasteiger partial charge in [-0.25, -0.2) is 19.0 Å². The van der Waals surface area contributed by atoms with Gasteiger partial charge in [-0.15, -0.1) is 5.10 Å². The highest BCUT2D eigenvalue weighted by Gasteiger charge is 2.18. The molecule has 0 aliphatic carbocycles. The SMILES string of the molecule is Cc1ccnc2nc(C(=O)OCC(=O)Nc3ccnn3Cc3ccccc3Cl)nn12. The third kappa shape index (κ3) is 4.13. The van der Waals surface area contributed by atoms with Crippen molar-refractivity contribution in [2.45, 2.75) is 13.5 Å². The van der Waals surface area contributed by atoms with Crippen LogP contribution < -0.4 is 5.32 Å². The third-order valence-corrected chi connectivity index (χ3v) is 4.58. The second-order valence-electron chi connectivity index (χ2n) is 6.32. The molecule has 1 amide bonds. The van der Waals surface area contributed by atoms with Crippen molar-refractivity contribution in [2.75, 3.05) is 11.9 Å². The minimum atomic E-state index is -0.820. The molecule has 0 atom stereocenters. The van der Waals surface area contributed by atoms with E-state index in [0.717, 1.165) is 11.3 Å². The van der Waals surface area contributed by atoms with Gasteiger partial charge in [-0.3, -0.25) is 4.79 Å². The van der Waals surface area contributed by atoms with Crippen LogP contribution in [0.4, 0.5) is 5.82 Å². The molecule has 0 bridgehead atoms. The van der Waals surface area contributed by atoms with E-state index in [4.69, 9.17) is 16.3 Å². The fraction of sp³-hybridized carbons (Fsp3) is 0.158. The fourth-order valence-electron chi connectivity index (χ4n) is 2.72. The van der Waals surface area contributed by atoms with Crippen LogP contribution in [-0.2, 0) is 16.1 Å². The molecule has 1 N–H and O–H groups in total. The van der Waals surface area contributed by atoms with E-state index >= 15 is 0 Å². The topological polar surface area (TPSA) is 116 Å². The zero-order chi connectivity index (χ0) is 21.1. The fourth-order valence-corrected chi connectivity index (χ4v) is 2.92. The van der Waals surface area contributed by atoms with Crippen molar-refractivity contribution in [3.05, 3.63) is 70.9 Å². The molecule has 152 valence electrons. The summed E-state index contributed by atoms with van der Waals surface area (Å²) in [6.07, 6.45) is 3.11. The summed E-state index contributed by atoms with van der Waals surface area (Å²) in [6.45, 7) is 1.68. The molecule has 0 saturated heterocycles. The summed E-state index contributed by atoms with van der Waals surface area (Å²) in [5, 5.41) is 11.5. The Balaban J connectivity index is 1.37. The Morgan fingerprint density at radius 2 is 2.00 bits per heavy atom. The van der Waals surface area contributed by atoms with Crippen LogP contribution in [0.15, 0.2) is 48.8 Å². The predicted molar refractivity (Wildman–Crippen MR) is 107 cm³/mol. The zero-order valence-corrected chi connectivity index (χ0v) is 16.6. The molecule has 3 heterocycles. The number of carbonyl (C=O) groups excluding carboxylic acids is 2. The number of aromatic nitrogens is 6. The molecular formula is C19H16ClN7O3. The molecule has 0 aliphatic rings. The molecule has 0 unspecified atom stereocenters. The molecule has 1 aromatic carbocycles. The Bertz CT molecular complexity index is 1230. The molecule has 0 saturated carbocycles. The van der Waals surface area contributed by atoms with Crippen molar-refractivity contribution in [3.8, 4) is 0 Å². The van der Waals surface area contributed by atoms with Gasteiger partial charge in [0.1, 0.15) is 5.82 Å². The number of ether oxygens (including phenoxy) is 1. The molecule has 4 aromatic rings. The van der Waals surface area contributed by atoms with Crippen molar-refractivity contribution in [1.29, 1.82) is 0 Å². The lowest BCUT2D eigenvalue weighted by atomic mass is 10.2. The van der Waals surface area contributed by atoms with E-state index in [0.29, 0.717) is 17.4 Å². The number of esters is 1. The largest absolute Gasteiger partial charge is 0.450 e. The van der Waals surface area contributed by atoms with Crippen molar-refractivity contribution >= 4 is 35.1 Å². The van der Waals surface area contributed by atoms with E-state index in [1.54, 1.807) is 42.2 Å². The summed E-state index contributed by atoms with van der Waals surface area (Å²) < 4.78 is 8.02. The first kappa shape index (κ1) is 19.5. The molecule has 4 rings (SSSR count). The number of nitrogens with one attached hydrogen (secondary N) is 1. The van der Waals surface area contributed by atoms with Gasteiger partial charge < -0.3 is 10.1 Å². The van der Waals surface area contributed by atoms with Crippen molar-refractivity contribution < 1.29 is 14.3 Å². The van der Waals surface area contributed by atoms with Gasteiger partial charge in [0.05, 0.1) is 12.7 Å². The first-order valence-electron chi connectivity index (χ1n) is 8.92. The smallest absolute Gasteiger partial charge is 0.378 e. The van der Waals surface area contributed by atoms with Crippen molar-refractivity contribution in [1.82, 2.24) is 29.4 Å². The normalized spacial score (nSPS) is 10.9. The van der Waals surface area contributed by atoms with Gasteiger partial charge in [0.2, 0.25) is 0 Å². The number of carbonyl (C=O) groups is 2. The summed E-state index contributed by atoms with van der Waals surface area (Å²) in [6, 6.07) is 10.7. The van der Waals surface area contributed by atoms with Crippen LogP contribution in [0.2, 0.25) is 5.02 Å². The quantitative estimate of drug-likeness (QED) is 0.470. The number of halogens is 1. The Kier molecular flexibility index (Phi) is 5.40. The summed E-state index contributed by atoms with van der Waals surface area (Å²) in [4.78, 5) is 32.4. The lowest BCUT2D eigenvalue weighted by Gasteiger charge is -2.10. The highest BCUT2D eigenvalue weighted by Crippen LogP contribution is 2.18. The predicted octanol–water partition coefficient (Wildman–Crippen LogP) is 2.13. The summed E-state index contributed by atoms with van der Waals surface area (Å²) in [5.41, 5.74) is 1.61. The standard InChI is InChI=1S/C19H16ClN7O3/c1-12-6-8-21-19-24-17(25-27(12)19)18(29)30-11-16(28)23-15-7-9-22-26(15)10-13-4-2-3-5-14(13)20/h2-9H,10-11H2,1H3,(H,23,28). The highest BCUT2D eigenvalue weighted by molar-refractivity contribution is 6.31. The van der Waals surface area contributed by atoms with Crippen LogP contribution in [0.25, 0.3) is 5.78 Å². The third-order valence-electron chi connectivity index (χ3n) is 4.21. The Labute approximate surface area is 175 Å². The second-order valence-corrected chi connectivity index (χ2v) is 6.73. The van der Waals surface area contributed by atoms with Crippen LogP contribution in [-0.4, -0.2) is 47.8 Å². The van der Waals surface area contributed by atoms with Crippen LogP contribution in [0.5, 0.6) is 0 Å². The van der Waals surface area contributed by atoms with E-state index in [9.17, 15) is 9.59 Å². The summed E-state index contributed by atoms with van der Waals surface area (Å²) in [7, 11) is 0. The Morgan fingerprint density at radius 3 is 2.80 bits per heavy atom. The molecule has 3 aromatic heterocycles. The van der Waals surface area contributed by atoms with E-state index in [1.807, 2.05) is 18.2 Å². The van der Waals surface area contributed by atoms with E-state index in [-0.39, 0.29) is 11.6 Å². The number of hydrogen-bond acceptors (Lipinski definition) is 7. The average molecular weight is 426 g/mol. The molecule has 0 radical (unpaired) electrons. The number of amides is 1. The maximum Gasteiger partial charge on any atom is 0.378 e. The molecule has 0 fully saturated rings. The highest BCUT2D eigenvalue weighted by atomic mass is 35.5. The molecule has 10 nitrogen and oxygen atoms in total. The van der Waals surface area contributed by atoms with Gasteiger partial charge in [0, 0.05) is 23.0 Å². The van der Waals surface area contributed by atoms with Gasteiger partial charge in [0.15, 0.2) is 6.61 Å². The van der Waals surface area contributed by atoms with Gasteiger partial charge in [0.25, 0.3) is 17.5 Å². The maximum absolute atomic E-state index is 12.2. The first-order valence-corrected chi connectivity index (χ1v) is 9.29. The zero-order valence-electron chi connectivity index (χ0n) is 15.8. The second kappa shape index (κ2) is 8.29. The van der Waals surface area contributed by atoms with Gasteiger partial charge in [-0.05, 0) is 24.6 Å². The minimum absolute atomic E-state index is 0.173. The number of nitrogens with zero attached hydrogens (tertiary/aromatic N) is 6. The van der Waals surface area contributed by atoms with Crippen molar-refractivity contribution in [3.63, 3.8) is 0 Å². The lowest BCUT2D eigenvalue weighted by Crippen LogP contribution is -2.23. The van der Waals surface area contributed by atoms with Gasteiger partial charge in [-0.1, -0.05) is 29.8 Å². The number of rotatable bonds is 6. The molecular weight excluding hydrogens is 410 g/mol. The van der Waals surface area contributed by atoms with Crippen LogP contribution in [0, 0.1) is 6.92 Å². The average Bonchev–Trinajstić information content (AvgIpc) is 3.36. The maximum atomic E-state index is 12.2. The lowest BCUT2D eigenvalue weighted by molar-refractivity contribution is -0.119. The number of aryl methyl sites for hydroxylation is 1. The molecule has 0 spiro atoms. The van der Waals surface area contributed by atoms with E-state index in [1.165, 1.54) is 4.52 Å². The van der Waals surface area contributed by atoms with Gasteiger partial charge in [-0.2, -0.15) is 10.1 Å². The Morgan fingerprint density at radius 1 is 1.17 bits per heavy atom. The van der Waals surface area contributed by atoms with E-state index in [2.05, 4.69) is 25.5 Å². The van der Waals surface area contributed by atoms with Crippen LogP contribution in [0.3, 0.4) is 0 Å². The summed E-state index contributed by atoms with van der Waals surface area (Å²) in [5.74, 6) is -0.799. The van der Waals surface area contributed by atoms with Crippen LogP contribution in [0.1, 0.15) is 21.9 Å². The van der Waals surface area contributed by atoms with E-state index < -0.39 is 18.5 Å². The van der Waals surface area contributed by atoms with Crippen LogP contribution >= 0.6 is 11.6 Å². The first-order chi connectivity index (χ1) is 14.5. The molecule has 11 heteroatoms. The number of anilines is 1. The van der Waals surface area contributed by atoms with Gasteiger partial charge >= 0.3 is 5.97 Å². The number of hydrogen-bond donors (Lipinski definition) is 1. The number of benzene rings is 1. The monoisotopic (exact) mass is 425 g/mol. The molecule has 0 aliphatic heterocycles. The molecule has 30 heavy (non-hydrogen) atoms.